The number of hydrogen-bond acceptors (Lipinski definition) is 4. The first kappa shape index (κ1) is 20.1. The van der Waals surface area contributed by atoms with Crippen molar-refractivity contribution in [2.24, 2.45) is 0 Å². The molecule has 2 aromatic rings. The number of aromatic nitrogens is 1. The Hall–Kier alpha value is -2.60. The van der Waals surface area contributed by atoms with Crippen LogP contribution in [0.4, 0.5) is 4.79 Å². The fourth-order valence-electron chi connectivity index (χ4n) is 3.68. The molecule has 1 amide bonds. The first-order valence-corrected chi connectivity index (χ1v) is 9.87. The third-order valence-corrected chi connectivity index (χ3v) is 5.32. The van der Waals surface area contributed by atoms with Gasteiger partial charge in [-0.05, 0) is 32.4 Å². The van der Waals surface area contributed by atoms with E-state index in [0.29, 0.717) is 39.3 Å². The molecular weight excluding hydrogens is 354 g/mol. The van der Waals surface area contributed by atoms with Gasteiger partial charge in [0, 0.05) is 49.7 Å². The van der Waals surface area contributed by atoms with E-state index in [-0.39, 0.29) is 11.9 Å². The largest absolute Gasteiger partial charge is 0.450 e. The number of carbonyl (C=O) groups excluding carboxylic acids is 2. The number of nitrogens with zero attached hydrogens (tertiary/aromatic N) is 3. The number of ketones is 1. The Morgan fingerprint density at radius 3 is 2.36 bits per heavy atom. The van der Waals surface area contributed by atoms with E-state index >= 15 is 0 Å². The molecule has 28 heavy (non-hydrogen) atoms. The molecule has 150 valence electrons. The van der Waals surface area contributed by atoms with E-state index in [0.717, 1.165) is 23.5 Å². The highest BCUT2D eigenvalue weighted by Crippen LogP contribution is 2.18. The fourth-order valence-corrected chi connectivity index (χ4v) is 3.68. The molecule has 6 heteroatoms. The average Bonchev–Trinajstić information content (AvgIpc) is 2.98. The molecule has 0 radical (unpaired) electrons. The van der Waals surface area contributed by atoms with Crippen molar-refractivity contribution in [3.63, 3.8) is 0 Å². The summed E-state index contributed by atoms with van der Waals surface area (Å²) in [7, 11) is 0. The highest BCUT2D eigenvalue weighted by Gasteiger charge is 2.24. The maximum absolute atomic E-state index is 12.9. The Morgan fingerprint density at radius 1 is 1.04 bits per heavy atom. The number of amides is 1. The fraction of sp³-hybridized carbons (Fsp3) is 0.455. The van der Waals surface area contributed by atoms with Crippen molar-refractivity contribution in [3.8, 4) is 0 Å². The van der Waals surface area contributed by atoms with Crippen LogP contribution in [0.25, 0.3) is 0 Å². The summed E-state index contributed by atoms with van der Waals surface area (Å²) in [6, 6.07) is 12.3. The third-order valence-electron chi connectivity index (χ3n) is 5.32. The minimum atomic E-state index is -0.266. The smallest absolute Gasteiger partial charge is 0.409 e. The third kappa shape index (κ3) is 4.62. The van der Waals surface area contributed by atoms with Crippen molar-refractivity contribution >= 4 is 11.9 Å². The predicted octanol–water partition coefficient (Wildman–Crippen LogP) is 3.11. The van der Waals surface area contributed by atoms with Crippen molar-refractivity contribution in [1.82, 2.24) is 14.4 Å². The van der Waals surface area contributed by atoms with Gasteiger partial charge in [0.1, 0.15) is 0 Å². The highest BCUT2D eigenvalue weighted by atomic mass is 16.6. The molecule has 3 rings (SSSR count). The molecule has 0 aliphatic carbocycles. The van der Waals surface area contributed by atoms with Crippen LogP contribution in [0.1, 0.15) is 34.2 Å². The van der Waals surface area contributed by atoms with Gasteiger partial charge in [0.15, 0.2) is 5.78 Å². The molecule has 0 unspecified atom stereocenters. The topological polar surface area (TPSA) is 54.8 Å². The minimum Gasteiger partial charge on any atom is -0.450 e. The van der Waals surface area contributed by atoms with Crippen LogP contribution in [0, 0.1) is 13.8 Å². The standard InChI is InChI=1S/C22H29N3O3/c1-4-28-22(27)24-12-10-23(11-13-24)16-21(26)20-14-17(2)25(18(20)3)15-19-8-6-5-7-9-19/h5-9,14H,4,10-13,15-16H2,1-3H3. The first-order valence-electron chi connectivity index (χ1n) is 9.87. The van der Waals surface area contributed by atoms with E-state index in [1.165, 1.54) is 5.56 Å². The van der Waals surface area contributed by atoms with E-state index < -0.39 is 0 Å². The van der Waals surface area contributed by atoms with Crippen LogP contribution in [-0.4, -0.2) is 65.6 Å². The molecule has 0 saturated carbocycles. The minimum absolute atomic E-state index is 0.136. The second-order valence-corrected chi connectivity index (χ2v) is 7.24. The number of Topliss-reactive ketones (excluding diaryl/α,β-unsaturated/α-hetero) is 1. The molecule has 0 N–H and O–H groups in total. The first-order chi connectivity index (χ1) is 13.5. The second kappa shape index (κ2) is 9.06. The van der Waals surface area contributed by atoms with Crippen LogP contribution in [0.5, 0.6) is 0 Å². The van der Waals surface area contributed by atoms with Gasteiger partial charge in [-0.1, -0.05) is 30.3 Å². The molecule has 1 aromatic heterocycles. The Kier molecular flexibility index (Phi) is 6.52. The van der Waals surface area contributed by atoms with E-state index in [4.69, 9.17) is 4.74 Å². The van der Waals surface area contributed by atoms with Gasteiger partial charge in [0.2, 0.25) is 0 Å². The molecule has 0 atom stereocenters. The Bertz CT molecular complexity index is 821. The number of ether oxygens (including phenoxy) is 1. The van der Waals surface area contributed by atoms with Crippen molar-refractivity contribution in [1.29, 1.82) is 0 Å². The van der Waals surface area contributed by atoms with E-state index in [2.05, 4.69) is 21.6 Å². The number of benzene rings is 1. The highest BCUT2D eigenvalue weighted by molar-refractivity contribution is 5.99. The molecule has 1 aliphatic rings. The molecule has 0 spiro atoms. The summed E-state index contributed by atoms with van der Waals surface area (Å²) in [5, 5.41) is 0. The van der Waals surface area contributed by atoms with Crippen LogP contribution in [0.2, 0.25) is 0 Å². The average molecular weight is 383 g/mol. The van der Waals surface area contributed by atoms with Crippen molar-refractivity contribution < 1.29 is 14.3 Å². The Morgan fingerprint density at radius 2 is 1.71 bits per heavy atom. The normalized spacial score (nSPS) is 14.9. The van der Waals surface area contributed by atoms with Crippen LogP contribution in [0.15, 0.2) is 36.4 Å². The monoisotopic (exact) mass is 383 g/mol. The molecule has 1 saturated heterocycles. The summed E-state index contributed by atoms with van der Waals surface area (Å²) in [5.41, 5.74) is 4.12. The second-order valence-electron chi connectivity index (χ2n) is 7.24. The number of rotatable bonds is 6. The van der Waals surface area contributed by atoms with Crippen LogP contribution < -0.4 is 0 Å². The van der Waals surface area contributed by atoms with Gasteiger partial charge in [-0.25, -0.2) is 4.79 Å². The number of aryl methyl sites for hydroxylation is 1. The SMILES string of the molecule is CCOC(=O)N1CCN(CC(=O)c2cc(C)n(Cc3ccccc3)c2C)CC1. The van der Waals surface area contributed by atoms with Crippen LogP contribution in [0.3, 0.4) is 0 Å². The van der Waals surface area contributed by atoms with Gasteiger partial charge in [-0.2, -0.15) is 0 Å². The maximum atomic E-state index is 12.9. The maximum Gasteiger partial charge on any atom is 0.409 e. The number of piperazine rings is 1. The van der Waals surface area contributed by atoms with Crippen molar-refractivity contribution in [3.05, 3.63) is 58.9 Å². The summed E-state index contributed by atoms with van der Waals surface area (Å²) in [4.78, 5) is 28.5. The van der Waals surface area contributed by atoms with E-state index in [1.54, 1.807) is 11.8 Å². The lowest BCUT2D eigenvalue weighted by Crippen LogP contribution is -2.50. The zero-order valence-corrected chi connectivity index (χ0v) is 17.0. The molecular formula is C22H29N3O3. The van der Waals surface area contributed by atoms with Gasteiger partial charge in [0.05, 0.1) is 13.2 Å². The lowest BCUT2D eigenvalue weighted by Gasteiger charge is -2.33. The zero-order chi connectivity index (χ0) is 20.1. The molecule has 2 heterocycles. The number of carbonyl (C=O) groups is 2. The van der Waals surface area contributed by atoms with E-state index in [1.807, 2.05) is 38.1 Å². The summed E-state index contributed by atoms with van der Waals surface area (Å²) in [6.07, 6.45) is -0.266. The Balaban J connectivity index is 1.61. The predicted molar refractivity (Wildman–Crippen MR) is 109 cm³/mol. The van der Waals surface area contributed by atoms with Crippen LogP contribution in [-0.2, 0) is 11.3 Å². The lowest BCUT2D eigenvalue weighted by atomic mass is 10.1. The summed E-state index contributed by atoms with van der Waals surface area (Å²) >= 11 is 0. The van der Waals surface area contributed by atoms with Gasteiger partial charge < -0.3 is 14.2 Å². The van der Waals surface area contributed by atoms with E-state index in [9.17, 15) is 9.59 Å². The molecule has 1 fully saturated rings. The number of hydrogen-bond donors (Lipinski definition) is 0. The molecule has 1 aromatic carbocycles. The summed E-state index contributed by atoms with van der Waals surface area (Å²) in [5.74, 6) is 0.136. The van der Waals surface area contributed by atoms with Crippen molar-refractivity contribution in [2.75, 3.05) is 39.3 Å². The quantitative estimate of drug-likeness (QED) is 0.720. The van der Waals surface area contributed by atoms with Crippen LogP contribution >= 0.6 is 0 Å². The van der Waals surface area contributed by atoms with Gasteiger partial charge in [-0.15, -0.1) is 0 Å². The van der Waals surface area contributed by atoms with Crippen molar-refractivity contribution in [2.45, 2.75) is 27.3 Å². The lowest BCUT2D eigenvalue weighted by molar-refractivity contribution is 0.0733. The summed E-state index contributed by atoms with van der Waals surface area (Å²) in [6.45, 7) is 9.97. The van der Waals surface area contributed by atoms with Gasteiger partial charge >= 0.3 is 6.09 Å². The zero-order valence-electron chi connectivity index (χ0n) is 17.0. The van der Waals surface area contributed by atoms with Gasteiger partial charge in [-0.3, -0.25) is 9.69 Å². The Labute approximate surface area is 166 Å². The molecule has 6 nitrogen and oxygen atoms in total. The molecule has 0 bridgehead atoms. The molecule has 1 aliphatic heterocycles. The summed E-state index contributed by atoms with van der Waals surface area (Å²) < 4.78 is 7.24. The van der Waals surface area contributed by atoms with Gasteiger partial charge in [0.25, 0.3) is 0 Å².